The third-order valence-electron chi connectivity index (χ3n) is 1.13. The molecule has 60 valence electrons. The average molecular weight is 156 g/mol. The van der Waals surface area contributed by atoms with Crippen LogP contribution in [-0.4, -0.2) is 0 Å². The van der Waals surface area contributed by atoms with Gasteiger partial charge < -0.3 is 0 Å². The second kappa shape index (κ2) is 4.61. The highest BCUT2D eigenvalue weighted by molar-refractivity contribution is 5.16. The minimum absolute atomic E-state index is 0.469. The molecule has 2 heteroatoms. The van der Waals surface area contributed by atoms with E-state index in [-0.39, 0.29) is 0 Å². The van der Waals surface area contributed by atoms with Crippen molar-refractivity contribution < 1.29 is 8.78 Å². The number of benzene rings is 1. The maximum absolute atomic E-state index is 12.3. The minimum Gasteiger partial charge on any atom is -0.207 e. The van der Waals surface area contributed by atoms with E-state index in [0.717, 1.165) is 6.07 Å². The fourth-order valence-corrected chi connectivity index (χ4v) is 0.567. The largest absolute Gasteiger partial charge is 0.207 e. The molecule has 0 fully saturated rings. The van der Waals surface area contributed by atoms with Crippen molar-refractivity contribution in [3.8, 4) is 0 Å². The molecule has 0 atom stereocenters. The van der Waals surface area contributed by atoms with E-state index in [2.05, 4.69) is 13.2 Å². The highest BCUT2D eigenvalue weighted by Gasteiger charge is 1.95. The first-order valence-electron chi connectivity index (χ1n) is 3.12. The van der Waals surface area contributed by atoms with E-state index in [1.807, 2.05) is 0 Å². The Kier molecular flexibility index (Phi) is 4.11. The van der Waals surface area contributed by atoms with Gasteiger partial charge in [0.05, 0.1) is 0 Å². The number of hydrogen-bond donors (Lipinski definition) is 0. The second-order valence-corrected chi connectivity index (χ2v) is 1.89. The van der Waals surface area contributed by atoms with Crippen LogP contribution in [0.25, 0.3) is 0 Å². The summed E-state index contributed by atoms with van der Waals surface area (Å²) in [6.45, 7) is 7.59. The highest BCUT2D eigenvalue weighted by atomic mass is 19.1. The maximum Gasteiger partial charge on any atom is 0.129 e. The van der Waals surface area contributed by atoms with Gasteiger partial charge in [0.15, 0.2) is 0 Å². The van der Waals surface area contributed by atoms with Crippen LogP contribution in [0.4, 0.5) is 8.78 Å². The zero-order chi connectivity index (χ0) is 8.85. The molecule has 0 radical (unpaired) electrons. The Labute approximate surface area is 65.2 Å². The number of aryl methyl sites for hydroxylation is 1. The van der Waals surface area contributed by atoms with Crippen LogP contribution in [0.15, 0.2) is 31.4 Å². The zero-order valence-corrected chi connectivity index (χ0v) is 6.40. The molecule has 0 N–H and O–H groups in total. The highest BCUT2D eigenvalue weighted by Crippen LogP contribution is 2.06. The minimum atomic E-state index is -0.530. The zero-order valence-electron chi connectivity index (χ0n) is 6.40. The van der Waals surface area contributed by atoms with Crippen molar-refractivity contribution in [2.45, 2.75) is 6.92 Å². The smallest absolute Gasteiger partial charge is 0.129 e. The summed E-state index contributed by atoms with van der Waals surface area (Å²) in [4.78, 5) is 0. The van der Waals surface area contributed by atoms with Crippen molar-refractivity contribution in [3.63, 3.8) is 0 Å². The lowest BCUT2D eigenvalue weighted by molar-refractivity contribution is 0.577. The summed E-state index contributed by atoms with van der Waals surface area (Å²) >= 11 is 0. The molecule has 1 aromatic carbocycles. The molecule has 0 heterocycles. The number of halogens is 2. The first kappa shape index (κ1) is 9.82. The monoisotopic (exact) mass is 156 g/mol. The van der Waals surface area contributed by atoms with E-state index in [4.69, 9.17) is 0 Å². The van der Waals surface area contributed by atoms with E-state index in [1.54, 1.807) is 6.92 Å². The van der Waals surface area contributed by atoms with Gasteiger partial charge in [-0.25, -0.2) is 8.78 Å². The topological polar surface area (TPSA) is 0 Å². The Balaban J connectivity index is 0.000000461. The summed E-state index contributed by atoms with van der Waals surface area (Å²) in [7, 11) is 0. The summed E-state index contributed by atoms with van der Waals surface area (Å²) in [6.07, 6.45) is 0. The lowest BCUT2D eigenvalue weighted by Crippen LogP contribution is -1.81. The first-order valence-corrected chi connectivity index (χ1v) is 3.12. The third-order valence-corrected chi connectivity index (χ3v) is 1.13. The molecule has 0 amide bonds. The lowest BCUT2D eigenvalue weighted by Gasteiger charge is -1.92. The SMILES string of the molecule is C=C.Cc1ccc(F)cc1F. The van der Waals surface area contributed by atoms with E-state index in [1.165, 1.54) is 12.1 Å². The van der Waals surface area contributed by atoms with E-state index in [0.29, 0.717) is 5.56 Å². The van der Waals surface area contributed by atoms with Gasteiger partial charge in [0, 0.05) is 6.07 Å². The third kappa shape index (κ3) is 2.94. The van der Waals surface area contributed by atoms with Gasteiger partial charge in [-0.15, -0.1) is 13.2 Å². The van der Waals surface area contributed by atoms with Gasteiger partial charge in [0.2, 0.25) is 0 Å². The fraction of sp³-hybridized carbons (Fsp3) is 0.111. The quantitative estimate of drug-likeness (QED) is 0.506. The van der Waals surface area contributed by atoms with Crippen LogP contribution < -0.4 is 0 Å². The van der Waals surface area contributed by atoms with Crippen LogP contribution >= 0.6 is 0 Å². The van der Waals surface area contributed by atoms with Gasteiger partial charge >= 0.3 is 0 Å². The van der Waals surface area contributed by atoms with Gasteiger partial charge in [-0.2, -0.15) is 0 Å². The molecule has 0 unspecified atom stereocenters. The Hall–Kier alpha value is -1.18. The van der Waals surface area contributed by atoms with Gasteiger partial charge in [0.1, 0.15) is 11.6 Å². The molecular weight excluding hydrogens is 146 g/mol. The molecule has 0 bridgehead atoms. The molecule has 0 nitrogen and oxygen atoms in total. The van der Waals surface area contributed by atoms with Gasteiger partial charge in [-0.1, -0.05) is 6.07 Å². The predicted molar refractivity (Wildman–Crippen MR) is 42.3 cm³/mol. The van der Waals surface area contributed by atoms with Crippen molar-refractivity contribution in [1.29, 1.82) is 0 Å². The number of hydrogen-bond acceptors (Lipinski definition) is 0. The Morgan fingerprint density at radius 2 is 1.73 bits per heavy atom. The van der Waals surface area contributed by atoms with Crippen LogP contribution in [0.1, 0.15) is 5.56 Å². The first-order chi connectivity index (χ1) is 5.20. The molecule has 0 spiro atoms. The van der Waals surface area contributed by atoms with Crippen LogP contribution in [0, 0.1) is 18.6 Å². The van der Waals surface area contributed by atoms with Gasteiger partial charge in [-0.3, -0.25) is 0 Å². The van der Waals surface area contributed by atoms with Gasteiger partial charge in [-0.05, 0) is 18.6 Å². The summed E-state index contributed by atoms with van der Waals surface area (Å²) in [5.41, 5.74) is 0.469. The van der Waals surface area contributed by atoms with Crippen LogP contribution in [0.2, 0.25) is 0 Å². The van der Waals surface area contributed by atoms with Crippen LogP contribution in [-0.2, 0) is 0 Å². The second-order valence-electron chi connectivity index (χ2n) is 1.89. The molecule has 0 aliphatic heterocycles. The molecule has 0 saturated heterocycles. The normalized spacial score (nSPS) is 8.27. The van der Waals surface area contributed by atoms with E-state index < -0.39 is 11.6 Å². The molecular formula is C9H10F2. The summed E-state index contributed by atoms with van der Waals surface area (Å²) in [6, 6.07) is 3.51. The Morgan fingerprint density at radius 1 is 1.18 bits per heavy atom. The maximum atomic E-state index is 12.3. The van der Waals surface area contributed by atoms with Crippen molar-refractivity contribution in [2.24, 2.45) is 0 Å². The molecule has 0 aliphatic rings. The average Bonchev–Trinajstić information content (AvgIpc) is 2.02. The number of rotatable bonds is 0. The summed E-state index contributed by atoms with van der Waals surface area (Å²) in [5, 5.41) is 0. The van der Waals surface area contributed by atoms with E-state index in [9.17, 15) is 8.78 Å². The lowest BCUT2D eigenvalue weighted by atomic mass is 10.2. The van der Waals surface area contributed by atoms with Crippen molar-refractivity contribution in [1.82, 2.24) is 0 Å². The van der Waals surface area contributed by atoms with Crippen molar-refractivity contribution in [3.05, 3.63) is 48.6 Å². The fourth-order valence-electron chi connectivity index (χ4n) is 0.567. The molecule has 0 saturated carbocycles. The molecule has 0 aromatic heterocycles. The van der Waals surface area contributed by atoms with Crippen molar-refractivity contribution in [2.75, 3.05) is 0 Å². The standard InChI is InChI=1S/C7H6F2.C2H4/c1-5-2-3-6(8)4-7(5)9;1-2/h2-4H,1H3;1-2H2. The van der Waals surface area contributed by atoms with Crippen LogP contribution in [0.3, 0.4) is 0 Å². The van der Waals surface area contributed by atoms with Crippen molar-refractivity contribution >= 4 is 0 Å². The molecule has 11 heavy (non-hydrogen) atoms. The molecule has 1 rings (SSSR count). The molecule has 0 aliphatic carbocycles. The van der Waals surface area contributed by atoms with Gasteiger partial charge in [0.25, 0.3) is 0 Å². The van der Waals surface area contributed by atoms with Crippen LogP contribution in [0.5, 0.6) is 0 Å². The van der Waals surface area contributed by atoms with E-state index >= 15 is 0 Å². The summed E-state index contributed by atoms with van der Waals surface area (Å²) < 4.78 is 24.4. The summed E-state index contributed by atoms with van der Waals surface area (Å²) in [5.74, 6) is -1.02. The Bertz CT molecular complexity index is 231. The predicted octanol–water partition coefficient (Wildman–Crippen LogP) is 3.08. The Morgan fingerprint density at radius 3 is 2.09 bits per heavy atom. The molecule has 1 aromatic rings.